The Balaban J connectivity index is 0.974. The van der Waals surface area contributed by atoms with Gasteiger partial charge in [0.2, 0.25) is 0 Å². The smallest absolute Gasteiger partial charge is 0.350 e. The topological polar surface area (TPSA) is 102 Å². The van der Waals surface area contributed by atoms with Crippen LogP contribution in [0.25, 0.3) is 28.0 Å². The normalized spacial score (nSPS) is 24.0. The summed E-state index contributed by atoms with van der Waals surface area (Å²) in [7, 11) is 0. The first kappa shape index (κ1) is 33.2. The molecular formula is C40H44O9. The zero-order valence-corrected chi connectivity index (χ0v) is 29.0. The van der Waals surface area contributed by atoms with Crippen molar-refractivity contribution in [3.8, 4) is 17.2 Å². The lowest BCUT2D eigenvalue weighted by Gasteiger charge is -2.30. The average Bonchev–Trinajstić information content (AvgIpc) is 3.31. The second kappa shape index (κ2) is 12.9. The number of furan rings is 1. The second-order valence-corrected chi connectivity index (χ2v) is 14.3. The monoisotopic (exact) mass is 668 g/mol. The summed E-state index contributed by atoms with van der Waals surface area (Å²) in [4.78, 5) is 11.6. The minimum Gasteiger partial charge on any atom is -0.489 e. The number of hydrogen-bond acceptors (Lipinski definition) is 9. The van der Waals surface area contributed by atoms with Crippen molar-refractivity contribution >= 4 is 28.0 Å². The molecule has 3 aliphatic heterocycles. The Morgan fingerprint density at radius 3 is 2.27 bits per heavy atom. The first-order valence-corrected chi connectivity index (χ1v) is 17.0. The van der Waals surface area contributed by atoms with Gasteiger partial charge in [0, 0.05) is 29.7 Å². The summed E-state index contributed by atoms with van der Waals surface area (Å²) >= 11 is 0. The van der Waals surface area contributed by atoms with Crippen LogP contribution < -0.4 is 19.8 Å². The number of hydrogen-bond donors (Lipinski definition) is 0. The number of fused-ring (bicyclic) bond motifs is 3. The molecule has 1 spiro atoms. The third-order valence-corrected chi connectivity index (χ3v) is 9.61. The lowest BCUT2D eigenvalue weighted by Crippen LogP contribution is -2.38. The summed E-state index contributed by atoms with van der Waals surface area (Å²) in [6, 6.07) is 12.4. The Kier molecular flexibility index (Phi) is 8.71. The maximum Gasteiger partial charge on any atom is 0.350 e. The number of allylic oxidation sites excluding steroid dienone is 2. The van der Waals surface area contributed by atoms with Crippen molar-refractivity contribution in [3.63, 3.8) is 0 Å². The minimum absolute atomic E-state index is 0.00721. The molecule has 0 aliphatic carbocycles. The van der Waals surface area contributed by atoms with Crippen LogP contribution in [0.1, 0.15) is 72.8 Å². The molecule has 0 amide bonds. The SMILES string of the molecule is C/C(=C\COc1c2c(cc3occc13)O[C@]1(C=C2)OC(CC/C(C)=C/COc2ccc3ccc(=O)oc3c2)C(C)(C)O1)CCC1OC1(C)C. The van der Waals surface area contributed by atoms with Crippen LogP contribution in [-0.4, -0.2) is 42.6 Å². The van der Waals surface area contributed by atoms with Gasteiger partial charge in [0.05, 0.1) is 40.6 Å². The van der Waals surface area contributed by atoms with E-state index in [2.05, 4.69) is 33.8 Å². The van der Waals surface area contributed by atoms with E-state index in [9.17, 15) is 4.79 Å². The van der Waals surface area contributed by atoms with Crippen LogP contribution in [-0.2, 0) is 14.2 Å². The molecule has 2 saturated heterocycles. The molecule has 2 unspecified atom stereocenters. The summed E-state index contributed by atoms with van der Waals surface area (Å²) in [6.45, 7) is 13.3. The highest BCUT2D eigenvalue weighted by molar-refractivity contribution is 5.91. The molecule has 2 aromatic heterocycles. The summed E-state index contributed by atoms with van der Waals surface area (Å²) < 4.78 is 48.5. The van der Waals surface area contributed by atoms with Crippen molar-refractivity contribution in [2.75, 3.05) is 13.2 Å². The average molecular weight is 669 g/mol. The van der Waals surface area contributed by atoms with Gasteiger partial charge in [0.1, 0.15) is 41.6 Å². The van der Waals surface area contributed by atoms with Crippen LogP contribution in [0.4, 0.5) is 0 Å². The first-order valence-electron chi connectivity index (χ1n) is 17.0. The van der Waals surface area contributed by atoms with E-state index in [1.54, 1.807) is 18.4 Å². The molecular weight excluding hydrogens is 624 g/mol. The van der Waals surface area contributed by atoms with E-state index in [0.717, 1.165) is 47.6 Å². The maximum absolute atomic E-state index is 11.6. The van der Waals surface area contributed by atoms with Crippen molar-refractivity contribution < 1.29 is 37.3 Å². The Hall–Kier alpha value is -4.31. The third kappa shape index (κ3) is 7.20. The molecule has 4 aromatic rings. The van der Waals surface area contributed by atoms with E-state index in [1.165, 1.54) is 11.6 Å². The molecule has 0 N–H and O–H groups in total. The zero-order chi connectivity index (χ0) is 34.4. The lowest BCUT2D eigenvalue weighted by molar-refractivity contribution is -0.270. The van der Waals surface area contributed by atoms with Gasteiger partial charge in [-0.2, -0.15) is 0 Å². The molecule has 2 fully saturated rings. The van der Waals surface area contributed by atoms with Crippen molar-refractivity contribution in [3.05, 3.63) is 94.1 Å². The fourth-order valence-electron chi connectivity index (χ4n) is 6.50. The van der Waals surface area contributed by atoms with E-state index in [4.69, 9.17) is 37.3 Å². The number of benzene rings is 2. The minimum atomic E-state index is -1.36. The van der Waals surface area contributed by atoms with Gasteiger partial charge in [0.15, 0.2) is 0 Å². The van der Waals surface area contributed by atoms with Gasteiger partial charge in [-0.15, -0.1) is 0 Å². The van der Waals surface area contributed by atoms with Crippen molar-refractivity contribution in [2.45, 2.75) is 96.6 Å². The van der Waals surface area contributed by atoms with Gasteiger partial charge in [-0.3, -0.25) is 0 Å². The van der Waals surface area contributed by atoms with Crippen molar-refractivity contribution in [2.24, 2.45) is 0 Å². The van der Waals surface area contributed by atoms with Crippen LogP contribution in [0.3, 0.4) is 0 Å². The molecule has 0 radical (unpaired) electrons. The Bertz CT molecular complexity index is 2010. The molecule has 258 valence electrons. The van der Waals surface area contributed by atoms with Crippen molar-refractivity contribution in [1.82, 2.24) is 0 Å². The Morgan fingerprint density at radius 2 is 1.53 bits per heavy atom. The quantitative estimate of drug-likeness (QED) is 0.0832. The van der Waals surface area contributed by atoms with Crippen LogP contribution in [0.5, 0.6) is 17.2 Å². The van der Waals surface area contributed by atoms with Gasteiger partial charge in [-0.1, -0.05) is 11.1 Å². The lowest BCUT2D eigenvalue weighted by atomic mass is 9.96. The van der Waals surface area contributed by atoms with E-state index in [0.29, 0.717) is 47.7 Å². The molecule has 49 heavy (non-hydrogen) atoms. The molecule has 3 atom stereocenters. The largest absolute Gasteiger partial charge is 0.489 e. The molecule has 7 rings (SSSR count). The highest BCUT2D eigenvalue weighted by Gasteiger charge is 2.54. The van der Waals surface area contributed by atoms with Crippen LogP contribution in [0.15, 0.2) is 91.7 Å². The molecule has 0 saturated carbocycles. The van der Waals surface area contributed by atoms with E-state index >= 15 is 0 Å². The summed E-state index contributed by atoms with van der Waals surface area (Å²) in [5, 5.41) is 1.73. The summed E-state index contributed by atoms with van der Waals surface area (Å²) in [5.74, 6) is 0.553. The standard InChI is InChI=1S/C40H44O9/c1-25(16-20-42-28-11-9-27-10-14-36(41)45-31(27)23-28)8-13-35-39(5,6)49-40(48-35)19-15-29-33(46-40)24-32-30(18-22-43-32)37(29)44-21-17-26(2)7-12-34-38(3,4)47-34/h9-11,14-19,22-24,34-35H,7-8,12-13,20-21H2,1-6H3/b25-16+,26-17+/t34?,35?,40-/m1/s1. The summed E-state index contributed by atoms with van der Waals surface area (Å²) in [6.07, 6.45) is 13.2. The summed E-state index contributed by atoms with van der Waals surface area (Å²) in [5.41, 5.74) is 3.43. The maximum atomic E-state index is 11.6. The molecule has 9 heteroatoms. The van der Waals surface area contributed by atoms with Crippen LogP contribution in [0, 0.1) is 0 Å². The second-order valence-electron chi connectivity index (χ2n) is 14.3. The molecule has 9 nitrogen and oxygen atoms in total. The Labute approximate surface area is 286 Å². The molecule has 5 heterocycles. The number of rotatable bonds is 12. The van der Waals surface area contributed by atoms with Gasteiger partial charge in [-0.05, 0) is 110 Å². The fraction of sp³-hybridized carbons (Fsp3) is 0.425. The van der Waals surface area contributed by atoms with Gasteiger partial charge < -0.3 is 37.3 Å². The van der Waals surface area contributed by atoms with E-state index in [1.807, 2.05) is 56.3 Å². The van der Waals surface area contributed by atoms with Gasteiger partial charge >= 0.3 is 11.6 Å². The zero-order valence-electron chi connectivity index (χ0n) is 29.0. The van der Waals surface area contributed by atoms with Gasteiger partial charge in [0.25, 0.3) is 0 Å². The highest BCUT2D eigenvalue weighted by atomic mass is 16.9. The predicted molar refractivity (Wildman–Crippen MR) is 187 cm³/mol. The highest BCUT2D eigenvalue weighted by Crippen LogP contribution is 2.48. The Morgan fingerprint density at radius 1 is 0.837 bits per heavy atom. The van der Waals surface area contributed by atoms with E-state index < -0.39 is 11.6 Å². The van der Waals surface area contributed by atoms with Crippen LogP contribution in [0.2, 0.25) is 0 Å². The third-order valence-electron chi connectivity index (χ3n) is 9.61. The van der Waals surface area contributed by atoms with Crippen molar-refractivity contribution in [1.29, 1.82) is 0 Å². The van der Waals surface area contributed by atoms with E-state index in [-0.39, 0.29) is 17.3 Å². The number of ether oxygens (including phenoxy) is 6. The molecule has 2 aromatic carbocycles. The fourth-order valence-corrected chi connectivity index (χ4v) is 6.50. The predicted octanol–water partition coefficient (Wildman–Crippen LogP) is 8.88. The van der Waals surface area contributed by atoms with Gasteiger partial charge in [-0.25, -0.2) is 4.79 Å². The first-order chi connectivity index (χ1) is 23.4. The number of epoxide rings is 1. The van der Waals surface area contributed by atoms with Crippen LogP contribution >= 0.6 is 0 Å². The molecule has 3 aliphatic rings. The molecule has 0 bridgehead atoms.